The molecule has 8 rings (SSSR count). The van der Waals surface area contributed by atoms with Gasteiger partial charge in [0.15, 0.2) is 0 Å². The number of benzene rings is 4. The summed E-state index contributed by atoms with van der Waals surface area (Å²) < 4.78 is 12.2. The summed E-state index contributed by atoms with van der Waals surface area (Å²) in [5.74, 6) is 2.27. The first kappa shape index (κ1) is 40.7. The fraction of sp³-hybridized carbons (Fsp3) is 0.0976. The number of amides is 2. The number of rotatable bonds is 9. The van der Waals surface area contributed by atoms with Crippen molar-refractivity contribution >= 4 is 68.9 Å². The van der Waals surface area contributed by atoms with E-state index in [1.165, 1.54) is 0 Å². The summed E-state index contributed by atoms with van der Waals surface area (Å²) in [6.07, 6.45) is 3.66. The van der Waals surface area contributed by atoms with E-state index < -0.39 is 0 Å². The number of nitrogens with one attached hydrogen (secondary N) is 3. The van der Waals surface area contributed by atoms with Gasteiger partial charge in [-0.3, -0.25) is 9.59 Å². The van der Waals surface area contributed by atoms with E-state index >= 15 is 0 Å². The third kappa shape index (κ3) is 10.5. The lowest BCUT2D eigenvalue weighted by Crippen LogP contribution is -2.23. The molecule has 0 radical (unpaired) electrons. The van der Waals surface area contributed by atoms with Crippen LogP contribution in [0, 0.1) is 0 Å². The van der Waals surface area contributed by atoms with Crippen molar-refractivity contribution in [2.45, 2.75) is 13.1 Å². The number of H-pyrrole nitrogens is 1. The molecule has 0 aliphatic carbocycles. The van der Waals surface area contributed by atoms with Gasteiger partial charge in [-0.15, -0.1) is 0 Å². The van der Waals surface area contributed by atoms with Crippen LogP contribution in [0.25, 0.3) is 27.6 Å². The van der Waals surface area contributed by atoms with Crippen LogP contribution >= 0.6 is 11.6 Å². The monoisotopic (exact) mass is 813 g/mol. The first-order chi connectivity index (χ1) is 28.5. The van der Waals surface area contributed by atoms with Crippen molar-refractivity contribution in [1.82, 2.24) is 45.1 Å². The molecule has 0 bridgehead atoms. The van der Waals surface area contributed by atoms with Gasteiger partial charge in [0.05, 0.1) is 19.7 Å². The Hall–Kier alpha value is -7.92. The first-order valence-electron chi connectivity index (χ1n) is 17.8. The number of halogens is 1. The topological polar surface area (TPSA) is 266 Å². The van der Waals surface area contributed by atoms with Crippen LogP contribution in [0.2, 0.25) is 5.28 Å². The molecular weight excluding hydrogens is 774 g/mol. The number of aromatic amines is 1. The molecule has 4 aromatic carbocycles. The number of nitrogen functional groups attached to an aromatic ring is 4. The number of nitrogens with zero attached hydrogens (tertiary/aromatic N) is 6. The first-order valence-corrected chi connectivity index (χ1v) is 18.2. The molecule has 11 N–H and O–H groups in total. The van der Waals surface area contributed by atoms with Gasteiger partial charge in [0, 0.05) is 59.0 Å². The van der Waals surface area contributed by atoms with Gasteiger partial charge >= 0.3 is 0 Å². The van der Waals surface area contributed by atoms with E-state index in [9.17, 15) is 9.59 Å². The standard InChI is InChI=1S/C21H20N6O2.C17H16N2O2.C3H4ClN5/c1-29-14-5-2-4-13(10-14)12-24-20(28)16-6-3-7-17-15(16)8-9-27(17)19-11-18(22)25-21(23)26-19;1-21-13-5-2-4-12(10-13)11-19-17(20)15-6-3-7-16-14(15)8-9-18-16;4-1-7-2(5)9-3(6)8-1/h2-11H,12H2,1H3,(H,24,28)(H4,22,23,25,26);2-10,18H,11H2,1H3,(H,19,20);(H4,5,6,7,8,9). The maximum Gasteiger partial charge on any atom is 0.252 e. The van der Waals surface area contributed by atoms with E-state index in [2.05, 4.69) is 40.5 Å². The largest absolute Gasteiger partial charge is 0.497 e. The predicted molar refractivity (Wildman–Crippen MR) is 228 cm³/mol. The second-order valence-electron chi connectivity index (χ2n) is 12.6. The molecule has 300 valence electrons. The number of nitrogens with two attached hydrogens (primary N) is 4. The van der Waals surface area contributed by atoms with Crippen molar-refractivity contribution in [3.8, 4) is 17.3 Å². The van der Waals surface area contributed by atoms with E-state index in [0.717, 1.165) is 44.4 Å². The summed E-state index contributed by atoms with van der Waals surface area (Å²) in [6, 6.07) is 31.8. The molecule has 17 nitrogen and oxygen atoms in total. The number of fused-ring (bicyclic) bond motifs is 2. The third-order valence-corrected chi connectivity index (χ3v) is 8.80. The van der Waals surface area contributed by atoms with Gasteiger partial charge < -0.3 is 52.6 Å². The second kappa shape index (κ2) is 18.8. The van der Waals surface area contributed by atoms with Gasteiger partial charge in [-0.05, 0) is 83.4 Å². The van der Waals surface area contributed by atoms with E-state index in [0.29, 0.717) is 30.0 Å². The Morgan fingerprint density at radius 2 is 1.22 bits per heavy atom. The number of ether oxygens (including phenoxy) is 2. The van der Waals surface area contributed by atoms with Crippen molar-refractivity contribution in [1.29, 1.82) is 0 Å². The molecule has 2 amide bonds. The van der Waals surface area contributed by atoms with Crippen LogP contribution in [0.1, 0.15) is 31.8 Å². The predicted octanol–water partition coefficient (Wildman–Crippen LogP) is 5.32. The van der Waals surface area contributed by atoms with Gasteiger partial charge in [0.1, 0.15) is 23.1 Å². The molecule has 0 unspecified atom stereocenters. The molecule has 0 aliphatic rings. The summed E-state index contributed by atoms with van der Waals surface area (Å²) >= 11 is 5.33. The Morgan fingerprint density at radius 1 is 0.661 bits per heavy atom. The van der Waals surface area contributed by atoms with Gasteiger partial charge in [-0.25, -0.2) is 0 Å². The molecule has 0 atom stereocenters. The minimum atomic E-state index is -0.169. The zero-order chi connectivity index (χ0) is 41.9. The lowest BCUT2D eigenvalue weighted by molar-refractivity contribution is 0.0944. The molecule has 4 aromatic heterocycles. The summed E-state index contributed by atoms with van der Waals surface area (Å²) in [6.45, 7) is 0.864. The molecule has 18 heteroatoms. The zero-order valence-corrected chi connectivity index (χ0v) is 32.6. The van der Waals surface area contributed by atoms with Crippen molar-refractivity contribution in [3.05, 3.63) is 143 Å². The van der Waals surface area contributed by atoms with E-state index in [4.69, 9.17) is 44.0 Å². The lowest BCUT2D eigenvalue weighted by atomic mass is 10.1. The smallest absolute Gasteiger partial charge is 0.252 e. The highest BCUT2D eigenvalue weighted by Crippen LogP contribution is 2.24. The number of aromatic nitrogens is 7. The van der Waals surface area contributed by atoms with Crippen molar-refractivity contribution in [2.75, 3.05) is 37.2 Å². The Kier molecular flexibility index (Phi) is 13.0. The Balaban J connectivity index is 0.000000169. The fourth-order valence-electron chi connectivity index (χ4n) is 5.95. The van der Waals surface area contributed by atoms with Crippen LogP contribution in [0.5, 0.6) is 11.5 Å². The molecule has 0 spiro atoms. The van der Waals surface area contributed by atoms with Crippen LogP contribution in [0.4, 0.5) is 23.7 Å². The zero-order valence-electron chi connectivity index (χ0n) is 31.9. The summed E-state index contributed by atoms with van der Waals surface area (Å²) in [5, 5.41) is 7.64. The van der Waals surface area contributed by atoms with Crippen molar-refractivity contribution < 1.29 is 19.1 Å². The molecule has 0 saturated heterocycles. The molecular formula is C41H40ClN13O4. The van der Waals surface area contributed by atoms with Crippen LogP contribution in [0.15, 0.2) is 116 Å². The Morgan fingerprint density at radius 3 is 1.80 bits per heavy atom. The molecule has 59 heavy (non-hydrogen) atoms. The van der Waals surface area contributed by atoms with Gasteiger partial charge in [-0.2, -0.15) is 24.9 Å². The quantitative estimate of drug-likeness (QED) is 0.0974. The van der Waals surface area contributed by atoms with Crippen LogP contribution in [-0.4, -0.2) is 60.5 Å². The van der Waals surface area contributed by atoms with Gasteiger partial charge in [-0.1, -0.05) is 36.4 Å². The number of hydrogen-bond donors (Lipinski definition) is 7. The number of carbonyl (C=O) groups excluding carboxylic acids is 2. The number of anilines is 4. The van der Waals surface area contributed by atoms with E-state index in [1.54, 1.807) is 26.4 Å². The highest BCUT2D eigenvalue weighted by molar-refractivity contribution is 6.28. The Bertz CT molecular complexity index is 2670. The highest BCUT2D eigenvalue weighted by atomic mass is 35.5. The normalized spacial score (nSPS) is 10.5. The van der Waals surface area contributed by atoms with Crippen LogP contribution in [-0.2, 0) is 13.1 Å². The maximum atomic E-state index is 12.8. The Labute approximate surface area is 342 Å². The fourth-order valence-corrected chi connectivity index (χ4v) is 6.12. The lowest BCUT2D eigenvalue weighted by Gasteiger charge is -2.09. The second-order valence-corrected chi connectivity index (χ2v) is 12.9. The highest BCUT2D eigenvalue weighted by Gasteiger charge is 2.15. The van der Waals surface area contributed by atoms with E-state index in [1.807, 2.05) is 108 Å². The van der Waals surface area contributed by atoms with Gasteiger partial charge in [0.25, 0.3) is 11.8 Å². The summed E-state index contributed by atoms with van der Waals surface area (Å²) in [7, 11) is 3.24. The molecule has 0 aliphatic heterocycles. The maximum absolute atomic E-state index is 12.8. The number of methoxy groups -OCH3 is 2. The minimum Gasteiger partial charge on any atom is -0.497 e. The molecule has 0 fully saturated rings. The van der Waals surface area contributed by atoms with Crippen molar-refractivity contribution in [2.24, 2.45) is 0 Å². The molecule has 8 aromatic rings. The molecule has 4 heterocycles. The third-order valence-electron chi connectivity index (χ3n) is 8.63. The summed E-state index contributed by atoms with van der Waals surface area (Å²) in [4.78, 5) is 46.8. The van der Waals surface area contributed by atoms with Crippen LogP contribution < -0.4 is 43.0 Å². The number of carbonyl (C=O) groups is 2. The average molecular weight is 814 g/mol. The molecule has 0 saturated carbocycles. The minimum absolute atomic E-state index is 0.0139. The van der Waals surface area contributed by atoms with Gasteiger partial charge in [0.2, 0.25) is 23.1 Å². The summed E-state index contributed by atoms with van der Waals surface area (Å²) in [5.41, 5.74) is 26.7. The van der Waals surface area contributed by atoms with E-state index in [-0.39, 0.29) is 40.8 Å². The van der Waals surface area contributed by atoms with Crippen LogP contribution in [0.3, 0.4) is 0 Å². The average Bonchev–Trinajstić information content (AvgIpc) is 3.90. The number of hydrogen-bond acceptors (Lipinski definition) is 13. The van der Waals surface area contributed by atoms with Crippen molar-refractivity contribution in [3.63, 3.8) is 0 Å². The SMILES string of the molecule is COc1cccc(CNC(=O)c2cccc3[nH]ccc23)c1.COc1cccc(CNC(=O)c2cccc3c2ccn3-c2cc(N)nc(N)n2)c1.Nc1nc(N)nc(Cl)n1.